The van der Waals surface area contributed by atoms with Gasteiger partial charge in [0, 0.05) is 5.56 Å². The number of anilines is 2. The summed E-state index contributed by atoms with van der Waals surface area (Å²) in [5, 5.41) is 2.70. The smallest absolute Gasteiger partial charge is 0.397 e. The van der Waals surface area contributed by atoms with Crippen molar-refractivity contribution in [2.24, 2.45) is 0 Å². The number of hydrogen-bond donors (Lipinski definition) is 3. The van der Waals surface area contributed by atoms with E-state index in [0.717, 1.165) is 29.8 Å². The number of carbonyl (C=O) groups is 1. The van der Waals surface area contributed by atoms with Crippen molar-refractivity contribution in [1.82, 2.24) is 0 Å². The van der Waals surface area contributed by atoms with Crippen molar-refractivity contribution in [3.8, 4) is 11.1 Å². The van der Waals surface area contributed by atoms with Gasteiger partial charge in [0.1, 0.15) is 15.5 Å². The first-order valence-corrected chi connectivity index (χ1v) is 12.0. The Labute approximate surface area is 204 Å². The van der Waals surface area contributed by atoms with Gasteiger partial charge >= 0.3 is 6.18 Å². The van der Waals surface area contributed by atoms with E-state index in [-0.39, 0.29) is 21.2 Å². The molecule has 1 atom stereocenters. The van der Waals surface area contributed by atoms with Gasteiger partial charge in [-0.25, -0.2) is 13.4 Å². The molecule has 184 valence electrons. The van der Waals surface area contributed by atoms with Crippen molar-refractivity contribution in [3.05, 3.63) is 108 Å². The number of benzene rings is 4. The summed E-state index contributed by atoms with van der Waals surface area (Å²) in [6, 6.07) is 19.8. The van der Waals surface area contributed by atoms with Crippen molar-refractivity contribution in [3.63, 3.8) is 0 Å². The van der Waals surface area contributed by atoms with Crippen molar-refractivity contribution in [2.45, 2.75) is 16.0 Å². The molecule has 10 heteroatoms. The molecule has 1 unspecified atom stereocenters. The minimum Gasteiger partial charge on any atom is -0.397 e. The second-order valence-corrected chi connectivity index (χ2v) is 9.92. The maximum absolute atomic E-state index is 13.2. The van der Waals surface area contributed by atoms with E-state index in [4.69, 9.17) is 10.5 Å². The van der Waals surface area contributed by atoms with Crippen molar-refractivity contribution >= 4 is 27.0 Å². The minimum absolute atomic E-state index is 0.0385. The fraction of sp³-hybridized carbons (Fsp3) is 0.0385. The van der Waals surface area contributed by atoms with Crippen LogP contribution < -0.4 is 11.1 Å². The molecule has 4 rings (SSSR count). The lowest BCUT2D eigenvalue weighted by Crippen LogP contribution is -2.13. The van der Waals surface area contributed by atoms with E-state index < -0.39 is 27.4 Å². The van der Waals surface area contributed by atoms with E-state index in [1.54, 1.807) is 30.3 Å². The zero-order chi connectivity index (χ0) is 26.1. The van der Waals surface area contributed by atoms with Crippen LogP contribution in [0.3, 0.4) is 0 Å². The maximum atomic E-state index is 13.2. The van der Waals surface area contributed by atoms with Crippen molar-refractivity contribution in [2.75, 3.05) is 11.1 Å². The number of nitrogens with one attached hydrogen (secondary N) is 2. The maximum Gasteiger partial charge on any atom is 0.416 e. The second-order valence-electron chi connectivity index (χ2n) is 7.87. The topological polar surface area (TPSA) is 96.0 Å². The Morgan fingerprint density at radius 3 is 1.89 bits per heavy atom. The zero-order valence-corrected chi connectivity index (χ0v) is 19.3. The highest BCUT2D eigenvalue weighted by atomic mass is 32.2. The van der Waals surface area contributed by atoms with E-state index in [0.29, 0.717) is 16.9 Å². The van der Waals surface area contributed by atoms with Crippen LogP contribution in [0.1, 0.15) is 15.9 Å². The van der Waals surface area contributed by atoms with Gasteiger partial charge in [-0.05, 0) is 83.9 Å². The highest BCUT2D eigenvalue weighted by Crippen LogP contribution is 2.31. The molecule has 0 radical (unpaired) electrons. The van der Waals surface area contributed by atoms with Gasteiger partial charge in [-0.2, -0.15) is 13.2 Å². The van der Waals surface area contributed by atoms with E-state index in [2.05, 4.69) is 5.32 Å². The van der Waals surface area contributed by atoms with E-state index >= 15 is 0 Å². The molecule has 5 nitrogen and oxygen atoms in total. The number of carbonyl (C=O) groups excluding carboxylic acids is 1. The fourth-order valence-electron chi connectivity index (χ4n) is 3.45. The quantitative estimate of drug-likeness (QED) is 0.202. The lowest BCUT2D eigenvalue weighted by molar-refractivity contribution is -0.137. The van der Waals surface area contributed by atoms with Crippen molar-refractivity contribution < 1.29 is 26.6 Å². The number of nitrogens with two attached hydrogens (primary N) is 1. The molecule has 0 saturated carbocycles. The third-order valence-corrected chi connectivity index (χ3v) is 7.31. The molecule has 0 fully saturated rings. The molecule has 36 heavy (non-hydrogen) atoms. The lowest BCUT2D eigenvalue weighted by Gasteiger charge is -2.12. The predicted molar refractivity (Wildman–Crippen MR) is 129 cm³/mol. The SMILES string of the molecule is N=S(=O)(c1ccc(C(=O)Nc2cc(-c3ccc(F)cc3)ccc2N)cc1)c1ccc(C(F)(F)F)cc1. The number of hydrogen-bond acceptors (Lipinski definition) is 4. The standard InChI is InChI=1S/C26H19F4N3O2S/c27-20-8-1-16(2-9-20)18-5-14-23(31)24(15-18)33-25(34)17-3-10-21(11-4-17)36(32,35)22-12-6-19(7-13-22)26(28,29)30/h1-15,32H,31H2,(H,33,34). The lowest BCUT2D eigenvalue weighted by atomic mass is 10.0. The van der Waals surface area contributed by atoms with Crippen LogP contribution in [-0.2, 0) is 15.9 Å². The van der Waals surface area contributed by atoms with Crippen LogP contribution in [0.15, 0.2) is 101 Å². The second kappa shape index (κ2) is 9.46. The van der Waals surface area contributed by atoms with Crippen molar-refractivity contribution in [1.29, 1.82) is 4.78 Å². The molecular weight excluding hydrogens is 494 g/mol. The van der Waals surface area contributed by atoms with Gasteiger partial charge in [-0.1, -0.05) is 18.2 Å². The summed E-state index contributed by atoms with van der Waals surface area (Å²) < 4.78 is 72.8. The van der Waals surface area contributed by atoms with E-state index in [1.165, 1.54) is 36.4 Å². The molecule has 1 amide bonds. The molecule has 0 aliphatic carbocycles. The van der Waals surface area contributed by atoms with E-state index in [1.807, 2.05) is 0 Å². The monoisotopic (exact) mass is 513 g/mol. The molecule has 0 aromatic heterocycles. The first-order chi connectivity index (χ1) is 16.9. The number of alkyl halides is 3. The average molecular weight is 514 g/mol. The van der Waals surface area contributed by atoms with Gasteiger partial charge in [-0.15, -0.1) is 0 Å². The van der Waals surface area contributed by atoms with Gasteiger partial charge in [-0.3, -0.25) is 4.79 Å². The summed E-state index contributed by atoms with van der Waals surface area (Å²) >= 11 is 0. The van der Waals surface area contributed by atoms with Gasteiger partial charge in [0.05, 0.1) is 26.7 Å². The minimum atomic E-state index is -4.54. The Hall–Kier alpha value is -4.18. The summed E-state index contributed by atoms with van der Waals surface area (Å²) in [6.45, 7) is 0. The number of amides is 1. The average Bonchev–Trinajstić information content (AvgIpc) is 2.85. The van der Waals surface area contributed by atoms with Crippen LogP contribution in [0.25, 0.3) is 11.1 Å². The molecule has 0 aliphatic rings. The highest BCUT2D eigenvalue weighted by Gasteiger charge is 2.30. The van der Waals surface area contributed by atoms with Crippen LogP contribution >= 0.6 is 0 Å². The van der Waals surface area contributed by atoms with Crippen LogP contribution in [-0.4, -0.2) is 10.1 Å². The molecule has 4 aromatic rings. The Morgan fingerprint density at radius 1 is 0.806 bits per heavy atom. The summed E-state index contributed by atoms with van der Waals surface area (Å²) in [6.07, 6.45) is -4.54. The first-order valence-electron chi connectivity index (χ1n) is 10.5. The highest BCUT2D eigenvalue weighted by molar-refractivity contribution is 7.92. The Kier molecular flexibility index (Phi) is 6.55. The molecule has 0 aliphatic heterocycles. The Balaban J connectivity index is 1.53. The Bertz CT molecular complexity index is 1520. The van der Waals surface area contributed by atoms with Crippen LogP contribution in [0.4, 0.5) is 28.9 Å². The summed E-state index contributed by atoms with van der Waals surface area (Å²) in [4.78, 5) is 12.7. The summed E-state index contributed by atoms with van der Waals surface area (Å²) in [7, 11) is -3.59. The molecule has 0 saturated heterocycles. The normalized spacial score (nSPS) is 13.1. The number of halogens is 4. The third kappa shape index (κ3) is 5.23. The largest absolute Gasteiger partial charge is 0.416 e. The predicted octanol–water partition coefficient (Wildman–Crippen LogP) is 6.81. The molecule has 4 N–H and O–H groups in total. The number of nitrogen functional groups attached to an aromatic ring is 1. The van der Waals surface area contributed by atoms with Crippen LogP contribution in [0.5, 0.6) is 0 Å². The number of rotatable bonds is 5. The van der Waals surface area contributed by atoms with Gasteiger partial charge in [0.2, 0.25) is 0 Å². The molecule has 0 spiro atoms. The van der Waals surface area contributed by atoms with Crippen LogP contribution in [0, 0.1) is 10.6 Å². The van der Waals surface area contributed by atoms with Gasteiger partial charge < -0.3 is 11.1 Å². The summed E-state index contributed by atoms with van der Waals surface area (Å²) in [5.74, 6) is -0.892. The molecule has 0 heterocycles. The van der Waals surface area contributed by atoms with Crippen LogP contribution in [0.2, 0.25) is 0 Å². The van der Waals surface area contributed by atoms with Gasteiger partial charge in [0.15, 0.2) is 0 Å². The molecular formula is C26H19F4N3O2S. The zero-order valence-electron chi connectivity index (χ0n) is 18.5. The fourth-order valence-corrected chi connectivity index (χ4v) is 4.76. The first kappa shape index (κ1) is 24.9. The molecule has 4 aromatic carbocycles. The Morgan fingerprint density at radius 2 is 1.33 bits per heavy atom. The van der Waals surface area contributed by atoms with E-state index in [9.17, 15) is 26.6 Å². The third-order valence-electron chi connectivity index (χ3n) is 5.44. The molecule has 0 bridgehead atoms. The van der Waals surface area contributed by atoms with Gasteiger partial charge in [0.25, 0.3) is 5.91 Å². The summed E-state index contributed by atoms with van der Waals surface area (Å²) in [5.41, 5.74) is 7.35.